The van der Waals surface area contributed by atoms with E-state index in [-0.39, 0.29) is 11.9 Å². The van der Waals surface area contributed by atoms with Gasteiger partial charge in [0, 0.05) is 23.9 Å². The fourth-order valence-corrected chi connectivity index (χ4v) is 2.76. The number of ether oxygens (including phenoxy) is 2. The molecular weight excluding hydrogens is 316 g/mol. The van der Waals surface area contributed by atoms with E-state index in [1.807, 2.05) is 51.1 Å². The molecule has 0 saturated carbocycles. The van der Waals surface area contributed by atoms with Crippen molar-refractivity contribution < 1.29 is 14.3 Å². The number of carbonyl (C=O) groups is 1. The summed E-state index contributed by atoms with van der Waals surface area (Å²) in [5.74, 6) is 1.37. The first-order valence-electron chi connectivity index (χ1n) is 8.57. The van der Waals surface area contributed by atoms with E-state index in [1.54, 1.807) is 0 Å². The molecule has 0 fully saturated rings. The Kier molecular flexibility index (Phi) is 5.12. The van der Waals surface area contributed by atoms with Gasteiger partial charge in [-0.2, -0.15) is 0 Å². The van der Waals surface area contributed by atoms with Crippen LogP contribution in [0.1, 0.15) is 24.5 Å². The SMILES string of the molecule is Cc1ccc(NC(=O)C(C)Nc2ccc3c(c2)OCCCO3)c(C)c1. The normalized spacial score (nSPS) is 14.4. The van der Waals surface area contributed by atoms with E-state index in [0.29, 0.717) is 19.0 Å². The number of fused-ring (bicyclic) bond motifs is 1. The van der Waals surface area contributed by atoms with Gasteiger partial charge in [0.25, 0.3) is 0 Å². The molecule has 1 aliphatic heterocycles. The minimum Gasteiger partial charge on any atom is -0.490 e. The highest BCUT2D eigenvalue weighted by Crippen LogP contribution is 2.32. The fourth-order valence-electron chi connectivity index (χ4n) is 2.76. The van der Waals surface area contributed by atoms with Crippen molar-refractivity contribution in [1.29, 1.82) is 0 Å². The zero-order valence-corrected chi connectivity index (χ0v) is 14.9. The zero-order valence-electron chi connectivity index (χ0n) is 14.9. The van der Waals surface area contributed by atoms with Crippen molar-refractivity contribution >= 4 is 17.3 Å². The van der Waals surface area contributed by atoms with Crippen molar-refractivity contribution in [1.82, 2.24) is 0 Å². The molecule has 0 radical (unpaired) electrons. The molecule has 0 saturated heterocycles. The van der Waals surface area contributed by atoms with E-state index in [4.69, 9.17) is 9.47 Å². The molecule has 0 aliphatic carbocycles. The highest BCUT2D eigenvalue weighted by Gasteiger charge is 2.16. The Morgan fingerprint density at radius 1 is 1.04 bits per heavy atom. The first kappa shape index (κ1) is 17.1. The summed E-state index contributed by atoms with van der Waals surface area (Å²) >= 11 is 0. The van der Waals surface area contributed by atoms with E-state index in [9.17, 15) is 4.79 Å². The lowest BCUT2D eigenvalue weighted by Gasteiger charge is -2.17. The van der Waals surface area contributed by atoms with E-state index in [2.05, 4.69) is 16.7 Å². The zero-order chi connectivity index (χ0) is 17.8. The molecule has 2 aromatic carbocycles. The summed E-state index contributed by atoms with van der Waals surface area (Å²) in [6.45, 7) is 7.16. The number of hydrogen-bond donors (Lipinski definition) is 2. The predicted octanol–water partition coefficient (Wildman–Crippen LogP) is 3.90. The van der Waals surface area contributed by atoms with Gasteiger partial charge in [-0.3, -0.25) is 4.79 Å². The minimum absolute atomic E-state index is 0.0842. The number of benzene rings is 2. The van der Waals surface area contributed by atoms with E-state index < -0.39 is 0 Å². The molecule has 132 valence electrons. The van der Waals surface area contributed by atoms with Gasteiger partial charge in [0.15, 0.2) is 11.5 Å². The van der Waals surface area contributed by atoms with Gasteiger partial charge in [-0.15, -0.1) is 0 Å². The highest BCUT2D eigenvalue weighted by atomic mass is 16.5. The Balaban J connectivity index is 1.66. The van der Waals surface area contributed by atoms with Crippen LogP contribution in [0.4, 0.5) is 11.4 Å². The van der Waals surface area contributed by atoms with Crippen LogP contribution < -0.4 is 20.1 Å². The third-order valence-corrected chi connectivity index (χ3v) is 4.16. The number of hydrogen-bond acceptors (Lipinski definition) is 4. The summed E-state index contributed by atoms with van der Waals surface area (Å²) in [5.41, 5.74) is 3.89. The average Bonchev–Trinajstić information content (AvgIpc) is 2.82. The fraction of sp³-hybridized carbons (Fsp3) is 0.350. The maximum atomic E-state index is 12.5. The van der Waals surface area contributed by atoms with E-state index in [0.717, 1.165) is 29.1 Å². The smallest absolute Gasteiger partial charge is 0.246 e. The van der Waals surface area contributed by atoms with Crippen LogP contribution >= 0.6 is 0 Å². The molecule has 1 aliphatic rings. The molecular formula is C20H24N2O3. The number of carbonyl (C=O) groups excluding carboxylic acids is 1. The second-order valence-electron chi connectivity index (χ2n) is 6.39. The third kappa shape index (κ3) is 4.24. The van der Waals surface area contributed by atoms with Crippen LogP contribution in [0.3, 0.4) is 0 Å². The Hall–Kier alpha value is -2.69. The van der Waals surface area contributed by atoms with Crippen LogP contribution in [0.25, 0.3) is 0 Å². The molecule has 5 heteroatoms. The topological polar surface area (TPSA) is 59.6 Å². The molecule has 0 spiro atoms. The van der Waals surface area contributed by atoms with Gasteiger partial charge in [-0.25, -0.2) is 0 Å². The number of rotatable bonds is 4. The van der Waals surface area contributed by atoms with Gasteiger partial charge >= 0.3 is 0 Å². The molecule has 25 heavy (non-hydrogen) atoms. The van der Waals surface area contributed by atoms with Crippen molar-refractivity contribution in [3.63, 3.8) is 0 Å². The van der Waals surface area contributed by atoms with Gasteiger partial charge in [0.2, 0.25) is 5.91 Å². The van der Waals surface area contributed by atoms with E-state index in [1.165, 1.54) is 5.56 Å². The van der Waals surface area contributed by atoms with Crippen molar-refractivity contribution in [2.24, 2.45) is 0 Å². The molecule has 2 aromatic rings. The molecule has 5 nitrogen and oxygen atoms in total. The Morgan fingerprint density at radius 3 is 2.56 bits per heavy atom. The summed E-state index contributed by atoms with van der Waals surface area (Å²) in [5, 5.41) is 6.19. The predicted molar refractivity (Wildman–Crippen MR) is 99.7 cm³/mol. The largest absolute Gasteiger partial charge is 0.490 e. The van der Waals surface area contributed by atoms with Gasteiger partial charge < -0.3 is 20.1 Å². The van der Waals surface area contributed by atoms with Crippen LogP contribution in [0.5, 0.6) is 11.5 Å². The average molecular weight is 340 g/mol. The van der Waals surface area contributed by atoms with Crippen LogP contribution in [-0.4, -0.2) is 25.2 Å². The summed E-state index contributed by atoms with van der Waals surface area (Å²) in [7, 11) is 0. The Morgan fingerprint density at radius 2 is 1.80 bits per heavy atom. The molecule has 0 bridgehead atoms. The molecule has 1 atom stereocenters. The quantitative estimate of drug-likeness (QED) is 0.886. The maximum absolute atomic E-state index is 12.5. The second kappa shape index (κ2) is 7.47. The van der Waals surface area contributed by atoms with Crippen molar-refractivity contribution in [2.45, 2.75) is 33.2 Å². The van der Waals surface area contributed by atoms with Crippen LogP contribution in [0, 0.1) is 13.8 Å². The second-order valence-corrected chi connectivity index (χ2v) is 6.39. The van der Waals surface area contributed by atoms with Gasteiger partial charge in [-0.05, 0) is 44.5 Å². The van der Waals surface area contributed by atoms with Gasteiger partial charge in [0.1, 0.15) is 6.04 Å². The first-order chi connectivity index (χ1) is 12.0. The maximum Gasteiger partial charge on any atom is 0.246 e. The highest BCUT2D eigenvalue weighted by molar-refractivity contribution is 5.96. The van der Waals surface area contributed by atoms with Crippen LogP contribution in [-0.2, 0) is 4.79 Å². The number of amides is 1. The lowest BCUT2D eigenvalue weighted by Crippen LogP contribution is -2.32. The number of nitrogens with one attached hydrogen (secondary N) is 2. The standard InChI is InChI=1S/C20H24N2O3/c1-13-5-7-17(14(2)11-13)22-20(23)15(3)21-16-6-8-18-19(12-16)25-10-4-9-24-18/h5-8,11-12,15,21H,4,9-10H2,1-3H3,(H,22,23). The van der Waals surface area contributed by atoms with Crippen molar-refractivity contribution in [3.05, 3.63) is 47.5 Å². The molecule has 1 heterocycles. The Bertz CT molecular complexity index is 774. The lowest BCUT2D eigenvalue weighted by molar-refractivity contribution is -0.116. The molecule has 1 unspecified atom stereocenters. The minimum atomic E-state index is -0.384. The molecule has 0 aromatic heterocycles. The van der Waals surface area contributed by atoms with Gasteiger partial charge in [0.05, 0.1) is 13.2 Å². The first-order valence-corrected chi connectivity index (χ1v) is 8.57. The van der Waals surface area contributed by atoms with Crippen LogP contribution in [0.2, 0.25) is 0 Å². The third-order valence-electron chi connectivity index (χ3n) is 4.16. The number of anilines is 2. The van der Waals surface area contributed by atoms with E-state index >= 15 is 0 Å². The summed E-state index contributed by atoms with van der Waals surface area (Å²) in [6.07, 6.45) is 0.867. The Labute approximate surface area is 148 Å². The summed E-state index contributed by atoms with van der Waals surface area (Å²) < 4.78 is 11.3. The van der Waals surface area contributed by atoms with Gasteiger partial charge in [-0.1, -0.05) is 17.7 Å². The summed E-state index contributed by atoms with van der Waals surface area (Å²) in [4.78, 5) is 12.5. The van der Waals surface area contributed by atoms with Crippen molar-refractivity contribution in [2.75, 3.05) is 23.8 Å². The monoisotopic (exact) mass is 340 g/mol. The molecule has 2 N–H and O–H groups in total. The molecule has 3 rings (SSSR count). The summed E-state index contributed by atoms with van der Waals surface area (Å²) in [6, 6.07) is 11.2. The number of aryl methyl sites for hydroxylation is 2. The van der Waals surface area contributed by atoms with Crippen molar-refractivity contribution in [3.8, 4) is 11.5 Å². The lowest BCUT2D eigenvalue weighted by atomic mass is 10.1. The van der Waals surface area contributed by atoms with Crippen LogP contribution in [0.15, 0.2) is 36.4 Å². The molecule has 1 amide bonds.